The van der Waals surface area contributed by atoms with Gasteiger partial charge in [0.25, 0.3) is 5.91 Å². The highest BCUT2D eigenvalue weighted by molar-refractivity contribution is 6.33. The molecule has 5 heterocycles. The molecule has 15 nitrogen and oxygen atoms in total. The van der Waals surface area contributed by atoms with E-state index in [2.05, 4.69) is 5.32 Å². The maximum absolute atomic E-state index is 14.2. The fourth-order valence-corrected chi connectivity index (χ4v) is 10.4. The molecule has 0 aliphatic carbocycles. The number of carbonyl (C=O) groups excluding carboxylic acids is 6. The molecule has 360 valence electrons. The van der Waals surface area contributed by atoms with Gasteiger partial charge in [-0.15, -0.1) is 0 Å². The average Bonchev–Trinajstić information content (AvgIpc) is 3.48. The van der Waals surface area contributed by atoms with Crippen LogP contribution >= 0.6 is 11.6 Å². The SMILES string of the molecule is Nc1c(Cl)cc(C[C@@H](OC(=O)N2CCC(N3CCc4ccccc4NC3=O)CC2)C(=O)N2CCC(C3CCN(C(=O)CCC(=O)OCCCN4CCCCC4=O)CC3)CC2)cc1C(F)(F)F. The molecule has 0 aromatic heterocycles. The third-order valence-corrected chi connectivity index (χ3v) is 14.3. The van der Waals surface area contributed by atoms with Crippen molar-refractivity contribution >= 4 is 58.8 Å². The highest BCUT2D eigenvalue weighted by Crippen LogP contribution is 2.39. The second-order valence-electron chi connectivity index (χ2n) is 18.2. The predicted molar refractivity (Wildman–Crippen MR) is 239 cm³/mol. The van der Waals surface area contributed by atoms with Crippen molar-refractivity contribution in [2.24, 2.45) is 11.8 Å². The van der Waals surface area contributed by atoms with Gasteiger partial charge in [0.2, 0.25) is 11.8 Å². The first-order valence-corrected chi connectivity index (χ1v) is 23.8. The van der Waals surface area contributed by atoms with Crippen molar-refractivity contribution in [1.29, 1.82) is 0 Å². The zero-order valence-electron chi connectivity index (χ0n) is 37.3. The van der Waals surface area contributed by atoms with Crippen molar-refractivity contribution in [1.82, 2.24) is 24.5 Å². The molecule has 2 aromatic rings. The van der Waals surface area contributed by atoms with E-state index in [1.165, 1.54) is 11.0 Å². The lowest BCUT2D eigenvalue weighted by atomic mass is 9.78. The lowest BCUT2D eigenvalue weighted by Gasteiger charge is -2.41. The number of nitrogens with zero attached hydrogens (tertiary/aromatic N) is 5. The van der Waals surface area contributed by atoms with Gasteiger partial charge >= 0.3 is 24.3 Å². The molecule has 0 spiro atoms. The molecule has 6 amide bonds. The van der Waals surface area contributed by atoms with Crippen LogP contribution in [0.4, 0.5) is 34.1 Å². The van der Waals surface area contributed by atoms with Crippen molar-refractivity contribution in [3.8, 4) is 0 Å². The van der Waals surface area contributed by atoms with Crippen LogP contribution in [0.25, 0.3) is 0 Å². The number of likely N-dealkylation sites (tertiary alicyclic amines) is 4. The molecule has 0 bridgehead atoms. The number of ether oxygens (including phenoxy) is 2. The Bertz CT molecular complexity index is 2090. The number of esters is 1. The van der Waals surface area contributed by atoms with Crippen LogP contribution in [0, 0.1) is 11.8 Å². The van der Waals surface area contributed by atoms with E-state index in [1.807, 2.05) is 24.3 Å². The first-order valence-electron chi connectivity index (χ1n) is 23.4. The Morgan fingerprint density at radius 2 is 1.48 bits per heavy atom. The van der Waals surface area contributed by atoms with Crippen molar-refractivity contribution in [2.75, 3.05) is 76.6 Å². The van der Waals surface area contributed by atoms with Crippen LogP contribution in [0.1, 0.15) is 93.7 Å². The van der Waals surface area contributed by atoms with Crippen molar-refractivity contribution < 1.29 is 51.4 Å². The standard InChI is InChI=1S/C47H61ClF3N7O8/c48-37-29-31(28-36(43(37)52)47(49,50)51)30-39(66-46(64)57-24-16-35(17-25-57)58-26-15-34-6-1-2-7-38(34)53-45(58)63)44(62)56-22-13-33(14-23-56)32-11-20-55(21-12-32)41(60)9-10-42(61)65-27-5-19-54-18-4-3-8-40(54)59/h1-2,6-7,28-29,32-33,35,39H,3-5,8-27,30,52H2,(H,53,63)/t39-/m1/s1. The summed E-state index contributed by atoms with van der Waals surface area (Å²) in [5.74, 6) is -0.331. The molecule has 66 heavy (non-hydrogen) atoms. The Morgan fingerprint density at radius 3 is 2.17 bits per heavy atom. The van der Waals surface area contributed by atoms with E-state index in [4.69, 9.17) is 26.8 Å². The van der Waals surface area contributed by atoms with Gasteiger partial charge in [0.05, 0.1) is 29.3 Å². The molecular weight excluding hydrogens is 883 g/mol. The molecule has 5 aliphatic heterocycles. The maximum Gasteiger partial charge on any atom is 0.418 e. The number of rotatable bonds is 13. The van der Waals surface area contributed by atoms with E-state index in [9.17, 15) is 41.9 Å². The van der Waals surface area contributed by atoms with Gasteiger partial charge in [-0.25, -0.2) is 9.59 Å². The zero-order valence-corrected chi connectivity index (χ0v) is 38.1. The van der Waals surface area contributed by atoms with Gasteiger partial charge in [0, 0.05) is 89.9 Å². The number of nitrogens with two attached hydrogens (primary N) is 1. The van der Waals surface area contributed by atoms with Crippen LogP contribution in [0.3, 0.4) is 0 Å². The average molecular weight is 944 g/mol. The molecule has 19 heteroatoms. The fourth-order valence-electron chi connectivity index (χ4n) is 10.1. The smallest absolute Gasteiger partial charge is 0.418 e. The number of alkyl halides is 3. The lowest BCUT2D eigenvalue weighted by molar-refractivity contribution is -0.146. The van der Waals surface area contributed by atoms with Crippen LogP contribution < -0.4 is 11.1 Å². The molecule has 0 unspecified atom stereocenters. The number of piperidine rings is 4. The number of anilines is 2. The molecule has 5 aliphatic rings. The highest BCUT2D eigenvalue weighted by Gasteiger charge is 2.39. The molecule has 0 radical (unpaired) electrons. The monoisotopic (exact) mass is 943 g/mol. The fraction of sp³-hybridized carbons (Fsp3) is 0.617. The summed E-state index contributed by atoms with van der Waals surface area (Å²) in [5, 5.41) is 2.65. The minimum absolute atomic E-state index is 0.00756. The number of halogens is 4. The number of hydrogen-bond acceptors (Lipinski definition) is 9. The van der Waals surface area contributed by atoms with E-state index in [-0.39, 0.29) is 79.4 Å². The van der Waals surface area contributed by atoms with E-state index in [1.54, 1.807) is 19.6 Å². The van der Waals surface area contributed by atoms with Crippen LogP contribution in [-0.2, 0) is 47.7 Å². The highest BCUT2D eigenvalue weighted by atomic mass is 35.5. The number of benzene rings is 2. The van der Waals surface area contributed by atoms with Crippen molar-refractivity contribution in [3.05, 3.63) is 58.1 Å². The third kappa shape index (κ3) is 12.4. The quantitative estimate of drug-likeness (QED) is 0.125. The minimum Gasteiger partial charge on any atom is -0.466 e. The summed E-state index contributed by atoms with van der Waals surface area (Å²) in [4.78, 5) is 86.9. The molecule has 1 atom stereocenters. The molecule has 3 N–H and O–H groups in total. The molecular formula is C47H61ClF3N7O8. The summed E-state index contributed by atoms with van der Waals surface area (Å²) in [6.45, 7) is 4.34. The number of urea groups is 1. The normalized spacial score (nSPS) is 19.8. The van der Waals surface area contributed by atoms with E-state index in [0.717, 1.165) is 49.5 Å². The van der Waals surface area contributed by atoms with Crippen LogP contribution in [-0.4, -0.2) is 138 Å². The summed E-state index contributed by atoms with van der Waals surface area (Å²) in [6.07, 6.45) is 0.189. The number of carbonyl (C=O) groups is 6. The number of para-hydroxylation sites is 1. The van der Waals surface area contributed by atoms with E-state index < -0.39 is 41.5 Å². The largest absolute Gasteiger partial charge is 0.466 e. The number of amides is 6. The van der Waals surface area contributed by atoms with Crippen molar-refractivity contribution in [2.45, 2.75) is 108 Å². The second-order valence-corrected chi connectivity index (χ2v) is 18.6. The summed E-state index contributed by atoms with van der Waals surface area (Å²) in [5.41, 5.74) is 5.77. The summed E-state index contributed by atoms with van der Waals surface area (Å²) >= 11 is 6.16. The topological polar surface area (TPSA) is 175 Å². The van der Waals surface area contributed by atoms with Crippen LogP contribution in [0.5, 0.6) is 0 Å². The van der Waals surface area contributed by atoms with Crippen LogP contribution in [0.2, 0.25) is 5.02 Å². The Kier molecular flexibility index (Phi) is 16.2. The van der Waals surface area contributed by atoms with E-state index >= 15 is 0 Å². The first-order chi connectivity index (χ1) is 31.6. The summed E-state index contributed by atoms with van der Waals surface area (Å²) in [6, 6.07) is 9.39. The number of hydrogen-bond donors (Lipinski definition) is 2. The second kappa shape index (κ2) is 22.0. The van der Waals surface area contributed by atoms with E-state index in [0.29, 0.717) is 90.1 Å². The molecule has 2 aromatic carbocycles. The summed E-state index contributed by atoms with van der Waals surface area (Å²) < 4.78 is 53.1. The molecule has 4 saturated heterocycles. The van der Waals surface area contributed by atoms with Crippen molar-refractivity contribution in [3.63, 3.8) is 0 Å². The molecule has 4 fully saturated rings. The van der Waals surface area contributed by atoms with Crippen LogP contribution in [0.15, 0.2) is 36.4 Å². The Balaban J connectivity index is 0.891. The van der Waals surface area contributed by atoms with Gasteiger partial charge in [-0.2, -0.15) is 13.2 Å². The molecule has 7 rings (SSSR count). The Morgan fingerprint density at radius 1 is 0.818 bits per heavy atom. The number of nitrogen functional groups attached to an aromatic ring is 1. The first kappa shape index (κ1) is 48.7. The summed E-state index contributed by atoms with van der Waals surface area (Å²) in [7, 11) is 0. The van der Waals surface area contributed by atoms with Gasteiger partial charge in [-0.05, 0) is 105 Å². The van der Waals surface area contributed by atoms with Gasteiger partial charge < -0.3 is 45.0 Å². The number of fused-ring (bicyclic) bond motifs is 1. The lowest BCUT2D eigenvalue weighted by Crippen LogP contribution is -2.52. The Hall–Kier alpha value is -5.26. The maximum atomic E-state index is 14.2. The number of nitrogens with one attached hydrogen (secondary N) is 1. The van der Waals surface area contributed by atoms with Gasteiger partial charge in [0.1, 0.15) is 0 Å². The zero-order chi connectivity index (χ0) is 47.0. The minimum atomic E-state index is -4.81. The predicted octanol–water partition coefficient (Wildman–Crippen LogP) is 6.75. The van der Waals surface area contributed by atoms with Gasteiger partial charge in [-0.1, -0.05) is 29.8 Å². The Labute approximate surface area is 388 Å². The van der Waals surface area contributed by atoms with Gasteiger partial charge in [0.15, 0.2) is 6.10 Å². The molecule has 0 saturated carbocycles. The third-order valence-electron chi connectivity index (χ3n) is 13.9. The van der Waals surface area contributed by atoms with Gasteiger partial charge in [-0.3, -0.25) is 19.2 Å².